The van der Waals surface area contributed by atoms with E-state index in [4.69, 9.17) is 14.6 Å². The van der Waals surface area contributed by atoms with E-state index >= 15 is 0 Å². The molecule has 1 aliphatic heterocycles. The van der Waals surface area contributed by atoms with Crippen LogP contribution in [0.1, 0.15) is 69.4 Å². The van der Waals surface area contributed by atoms with Gasteiger partial charge in [-0.2, -0.15) is 23.3 Å². The Morgan fingerprint density at radius 1 is 1.00 bits per heavy atom. The summed E-state index contributed by atoms with van der Waals surface area (Å²) < 4.78 is 50.9. The number of rotatable bonds is 6. The molecular formula is C29H31F3N2O4. The number of nitrogens with zero attached hydrogens (tertiary/aromatic N) is 2. The topological polar surface area (TPSA) is 68.2 Å². The van der Waals surface area contributed by atoms with Gasteiger partial charge in [0.15, 0.2) is 0 Å². The first-order valence-corrected chi connectivity index (χ1v) is 12.9. The number of para-hydroxylation sites is 1. The Hall–Kier alpha value is -3.62. The molecule has 1 unspecified atom stereocenters. The number of alkyl halides is 3. The Labute approximate surface area is 220 Å². The van der Waals surface area contributed by atoms with Crippen LogP contribution in [0.5, 0.6) is 5.75 Å². The van der Waals surface area contributed by atoms with Crippen molar-refractivity contribution in [2.75, 3.05) is 6.61 Å². The molecule has 202 valence electrons. The van der Waals surface area contributed by atoms with Gasteiger partial charge in [-0.1, -0.05) is 56.5 Å². The normalized spacial score (nSPS) is 18.7. The molecule has 2 aromatic rings. The highest BCUT2D eigenvalue weighted by Crippen LogP contribution is 2.41. The summed E-state index contributed by atoms with van der Waals surface area (Å²) in [5.74, 6) is -1.11. The van der Waals surface area contributed by atoms with E-state index in [1.165, 1.54) is 12.1 Å². The van der Waals surface area contributed by atoms with Crippen molar-refractivity contribution in [1.29, 1.82) is 0 Å². The van der Waals surface area contributed by atoms with Crippen molar-refractivity contribution in [3.05, 3.63) is 77.0 Å². The molecule has 1 amide bonds. The second kappa shape index (κ2) is 11.8. The lowest BCUT2D eigenvalue weighted by atomic mass is 9.74. The van der Waals surface area contributed by atoms with Crippen LogP contribution in [0.25, 0.3) is 0 Å². The lowest BCUT2D eigenvalue weighted by Crippen LogP contribution is -2.40. The molecule has 2 aromatic carbocycles. The SMILES string of the molecule is CCCOC(=O)C1=C(C)N(C(=O)Oc2ccccc2)N=C(C2CCCCC2)C1c1ccc(C(F)(F)F)cc1. The molecule has 38 heavy (non-hydrogen) atoms. The summed E-state index contributed by atoms with van der Waals surface area (Å²) in [6, 6.07) is 13.3. The van der Waals surface area contributed by atoms with Gasteiger partial charge in [-0.15, -0.1) is 0 Å². The second-order valence-electron chi connectivity index (χ2n) is 9.54. The van der Waals surface area contributed by atoms with Gasteiger partial charge in [-0.25, -0.2) is 9.59 Å². The molecule has 1 atom stereocenters. The molecule has 0 spiro atoms. The molecule has 0 bridgehead atoms. The minimum absolute atomic E-state index is 0.0508. The van der Waals surface area contributed by atoms with Crippen molar-refractivity contribution < 1.29 is 32.2 Å². The molecule has 0 N–H and O–H groups in total. The highest BCUT2D eigenvalue weighted by Gasteiger charge is 2.41. The van der Waals surface area contributed by atoms with Crippen LogP contribution >= 0.6 is 0 Å². The number of esters is 1. The van der Waals surface area contributed by atoms with Gasteiger partial charge in [0.05, 0.1) is 35.1 Å². The number of amides is 1. The zero-order valence-electron chi connectivity index (χ0n) is 21.5. The van der Waals surface area contributed by atoms with Gasteiger partial charge < -0.3 is 9.47 Å². The quantitative estimate of drug-likeness (QED) is 0.365. The third kappa shape index (κ3) is 6.09. The molecule has 4 rings (SSSR count). The fourth-order valence-corrected chi connectivity index (χ4v) is 4.99. The molecule has 1 heterocycles. The lowest BCUT2D eigenvalue weighted by Gasteiger charge is -2.36. The van der Waals surface area contributed by atoms with E-state index in [2.05, 4.69) is 0 Å². The van der Waals surface area contributed by atoms with Gasteiger partial charge in [0.1, 0.15) is 5.75 Å². The first kappa shape index (κ1) is 27.4. The summed E-state index contributed by atoms with van der Waals surface area (Å²) in [6.45, 7) is 3.61. The molecule has 0 aromatic heterocycles. The number of hydrogen-bond acceptors (Lipinski definition) is 5. The molecule has 1 saturated carbocycles. The lowest BCUT2D eigenvalue weighted by molar-refractivity contribution is -0.139. The van der Waals surface area contributed by atoms with Gasteiger partial charge in [0.25, 0.3) is 0 Å². The predicted octanol–water partition coefficient (Wildman–Crippen LogP) is 7.47. The standard InChI is InChI=1S/C29H31F3N2O4/c1-3-18-37-27(35)24-19(2)34(28(36)38-23-12-8-5-9-13-23)33-26(21-10-6-4-7-11-21)25(24)20-14-16-22(17-15-20)29(30,31)32/h5,8-9,12-17,21,25H,3-4,6-7,10-11,18H2,1-2H3. The summed E-state index contributed by atoms with van der Waals surface area (Å²) in [5, 5.41) is 5.80. The van der Waals surface area contributed by atoms with Crippen LogP contribution in [-0.4, -0.2) is 29.4 Å². The average molecular weight is 529 g/mol. The maximum absolute atomic E-state index is 13.4. The van der Waals surface area contributed by atoms with Gasteiger partial charge >= 0.3 is 18.2 Å². The molecular weight excluding hydrogens is 497 g/mol. The maximum Gasteiger partial charge on any atom is 0.440 e. The fourth-order valence-electron chi connectivity index (χ4n) is 4.99. The van der Waals surface area contributed by atoms with Crippen LogP contribution in [0.2, 0.25) is 0 Å². The monoisotopic (exact) mass is 528 g/mol. The largest absolute Gasteiger partial charge is 0.462 e. The summed E-state index contributed by atoms with van der Waals surface area (Å²) in [4.78, 5) is 26.7. The Balaban J connectivity index is 1.81. The average Bonchev–Trinajstić information content (AvgIpc) is 2.92. The minimum atomic E-state index is -4.49. The minimum Gasteiger partial charge on any atom is -0.462 e. The second-order valence-corrected chi connectivity index (χ2v) is 9.54. The van der Waals surface area contributed by atoms with Crippen LogP contribution < -0.4 is 4.74 Å². The van der Waals surface area contributed by atoms with Gasteiger partial charge in [0.2, 0.25) is 0 Å². The van der Waals surface area contributed by atoms with Crippen molar-refractivity contribution in [3.8, 4) is 5.75 Å². The molecule has 1 fully saturated rings. The summed E-state index contributed by atoms with van der Waals surface area (Å²) in [7, 11) is 0. The van der Waals surface area contributed by atoms with E-state index in [-0.39, 0.29) is 23.8 Å². The molecule has 0 saturated heterocycles. The van der Waals surface area contributed by atoms with Crippen molar-refractivity contribution >= 4 is 17.8 Å². The number of halogens is 3. The zero-order valence-corrected chi connectivity index (χ0v) is 21.5. The molecule has 9 heteroatoms. The van der Waals surface area contributed by atoms with Crippen molar-refractivity contribution in [3.63, 3.8) is 0 Å². The Morgan fingerprint density at radius 2 is 1.66 bits per heavy atom. The highest BCUT2D eigenvalue weighted by molar-refractivity contribution is 6.06. The molecule has 2 aliphatic rings. The zero-order chi connectivity index (χ0) is 27.3. The predicted molar refractivity (Wildman–Crippen MR) is 136 cm³/mol. The van der Waals surface area contributed by atoms with E-state index in [0.29, 0.717) is 23.4 Å². The number of ether oxygens (including phenoxy) is 2. The maximum atomic E-state index is 13.4. The summed E-state index contributed by atoms with van der Waals surface area (Å²) in [6.07, 6.45) is -0.110. The van der Waals surface area contributed by atoms with Crippen molar-refractivity contribution in [2.24, 2.45) is 11.0 Å². The number of hydrazone groups is 1. The van der Waals surface area contributed by atoms with Crippen molar-refractivity contribution in [2.45, 2.75) is 64.5 Å². The first-order valence-electron chi connectivity index (χ1n) is 12.9. The van der Waals surface area contributed by atoms with Crippen LogP contribution in [0.3, 0.4) is 0 Å². The summed E-state index contributed by atoms with van der Waals surface area (Å²) in [5.41, 5.74) is 0.664. The Morgan fingerprint density at radius 3 is 2.26 bits per heavy atom. The third-order valence-corrected chi connectivity index (χ3v) is 6.88. The third-order valence-electron chi connectivity index (χ3n) is 6.88. The van der Waals surface area contributed by atoms with Gasteiger partial charge in [0, 0.05) is 5.92 Å². The van der Waals surface area contributed by atoms with Crippen LogP contribution in [0, 0.1) is 5.92 Å². The van der Waals surface area contributed by atoms with Gasteiger partial charge in [-0.05, 0) is 56.0 Å². The van der Waals surface area contributed by atoms with Crippen LogP contribution in [-0.2, 0) is 15.7 Å². The molecule has 6 nitrogen and oxygen atoms in total. The fraction of sp³-hybridized carbons (Fsp3) is 0.414. The number of benzene rings is 2. The number of carbonyl (C=O) groups excluding carboxylic acids is 2. The number of allylic oxidation sites excluding steroid dienone is 1. The van der Waals surface area contributed by atoms with E-state index in [9.17, 15) is 22.8 Å². The molecule has 1 aliphatic carbocycles. The summed E-state index contributed by atoms with van der Waals surface area (Å²) >= 11 is 0. The van der Waals surface area contributed by atoms with E-state index in [0.717, 1.165) is 49.2 Å². The Kier molecular flexibility index (Phi) is 8.54. The Bertz CT molecular complexity index is 1200. The number of carbonyl (C=O) groups is 2. The number of hydrogen-bond donors (Lipinski definition) is 0. The highest BCUT2D eigenvalue weighted by atomic mass is 19.4. The smallest absolute Gasteiger partial charge is 0.440 e. The van der Waals surface area contributed by atoms with E-state index < -0.39 is 29.7 Å². The van der Waals surface area contributed by atoms with Crippen LogP contribution in [0.4, 0.5) is 18.0 Å². The van der Waals surface area contributed by atoms with Gasteiger partial charge in [-0.3, -0.25) is 0 Å². The van der Waals surface area contributed by atoms with E-state index in [1.807, 2.05) is 6.92 Å². The molecule has 0 radical (unpaired) electrons. The van der Waals surface area contributed by atoms with Crippen molar-refractivity contribution in [1.82, 2.24) is 5.01 Å². The van der Waals surface area contributed by atoms with E-state index in [1.54, 1.807) is 37.3 Å². The van der Waals surface area contributed by atoms with Crippen LogP contribution in [0.15, 0.2) is 71.0 Å². The first-order chi connectivity index (χ1) is 18.2.